The standard InChI is InChI=1S/C24H23ClN2O5/c1-2-31-24(30)17-6-4-10-27(14-17)23(29)16-8-9-20-19(13-16)26-22(28)21(32-20)12-15-5-3-7-18(25)11-15/h3,5,7-9,11-13,17H,2,4,6,10,14H2,1H3,(H,26,28)/b21-12-/t17-/m0/s1. The Kier molecular flexibility index (Phi) is 6.46. The van der Waals surface area contributed by atoms with Crippen molar-refractivity contribution in [1.29, 1.82) is 0 Å². The average Bonchev–Trinajstić information content (AvgIpc) is 2.79. The lowest BCUT2D eigenvalue weighted by Crippen LogP contribution is -2.42. The molecule has 2 amide bonds. The summed E-state index contributed by atoms with van der Waals surface area (Å²) in [5.41, 5.74) is 1.57. The van der Waals surface area contributed by atoms with Crippen LogP contribution in [-0.2, 0) is 14.3 Å². The number of nitrogens with zero attached hydrogens (tertiary/aromatic N) is 1. The van der Waals surface area contributed by atoms with Crippen molar-refractivity contribution in [3.05, 3.63) is 64.4 Å². The third-order valence-corrected chi connectivity index (χ3v) is 5.63. The number of benzene rings is 2. The van der Waals surface area contributed by atoms with Crippen LogP contribution in [0.15, 0.2) is 48.2 Å². The molecule has 0 bridgehead atoms. The second-order valence-electron chi connectivity index (χ2n) is 7.67. The molecule has 0 aromatic heterocycles. The second-order valence-corrected chi connectivity index (χ2v) is 8.11. The van der Waals surface area contributed by atoms with E-state index in [9.17, 15) is 14.4 Å². The number of carbonyl (C=O) groups is 3. The van der Waals surface area contributed by atoms with Crippen molar-refractivity contribution in [1.82, 2.24) is 4.90 Å². The first kappa shape index (κ1) is 21.9. The summed E-state index contributed by atoms with van der Waals surface area (Å²) in [7, 11) is 0. The Bertz CT molecular complexity index is 1100. The molecule has 8 heteroatoms. The van der Waals surface area contributed by atoms with Crippen LogP contribution in [0, 0.1) is 5.92 Å². The van der Waals surface area contributed by atoms with E-state index in [2.05, 4.69) is 5.32 Å². The lowest BCUT2D eigenvalue weighted by molar-refractivity contribution is -0.149. The highest BCUT2D eigenvalue weighted by Gasteiger charge is 2.31. The molecule has 0 saturated carbocycles. The van der Waals surface area contributed by atoms with Crippen LogP contribution in [0.5, 0.6) is 5.75 Å². The Hall–Kier alpha value is -3.32. The summed E-state index contributed by atoms with van der Waals surface area (Å²) in [6.45, 7) is 2.98. The molecule has 2 aromatic rings. The van der Waals surface area contributed by atoms with Crippen molar-refractivity contribution in [3.8, 4) is 5.75 Å². The van der Waals surface area contributed by atoms with Crippen molar-refractivity contribution >= 4 is 41.1 Å². The van der Waals surface area contributed by atoms with Crippen molar-refractivity contribution in [2.24, 2.45) is 5.92 Å². The zero-order chi connectivity index (χ0) is 22.7. The number of esters is 1. The van der Waals surface area contributed by atoms with E-state index >= 15 is 0 Å². The number of carbonyl (C=O) groups excluding carboxylic acids is 3. The number of amides is 2. The number of hydrogen-bond donors (Lipinski definition) is 1. The molecule has 32 heavy (non-hydrogen) atoms. The van der Waals surface area contributed by atoms with Gasteiger partial charge in [-0.2, -0.15) is 0 Å². The Balaban J connectivity index is 1.50. The normalized spacial score (nSPS) is 19.1. The van der Waals surface area contributed by atoms with Crippen LogP contribution in [0.1, 0.15) is 35.7 Å². The first-order valence-electron chi connectivity index (χ1n) is 10.5. The Labute approximate surface area is 190 Å². The monoisotopic (exact) mass is 454 g/mol. The second kappa shape index (κ2) is 9.44. The van der Waals surface area contributed by atoms with Crippen LogP contribution in [-0.4, -0.2) is 42.4 Å². The van der Waals surface area contributed by atoms with Crippen molar-refractivity contribution in [2.45, 2.75) is 19.8 Å². The van der Waals surface area contributed by atoms with E-state index in [0.717, 1.165) is 12.0 Å². The summed E-state index contributed by atoms with van der Waals surface area (Å²) < 4.78 is 10.9. The van der Waals surface area contributed by atoms with Crippen molar-refractivity contribution in [2.75, 3.05) is 25.0 Å². The first-order chi connectivity index (χ1) is 15.4. The molecule has 166 valence electrons. The van der Waals surface area contributed by atoms with Gasteiger partial charge in [0.25, 0.3) is 11.8 Å². The number of nitrogens with one attached hydrogen (secondary N) is 1. The molecule has 1 fully saturated rings. The third kappa shape index (κ3) is 4.78. The molecule has 0 aliphatic carbocycles. The zero-order valence-electron chi connectivity index (χ0n) is 17.6. The van der Waals surface area contributed by atoms with Crippen LogP contribution < -0.4 is 10.1 Å². The third-order valence-electron chi connectivity index (χ3n) is 5.39. The summed E-state index contributed by atoms with van der Waals surface area (Å²) in [5.74, 6) is -0.619. The lowest BCUT2D eigenvalue weighted by atomic mass is 9.97. The Morgan fingerprint density at radius 3 is 2.91 bits per heavy atom. The van der Waals surface area contributed by atoms with Crippen LogP contribution in [0.2, 0.25) is 5.02 Å². The molecule has 4 rings (SSSR count). The quantitative estimate of drug-likeness (QED) is 0.554. The van der Waals surface area contributed by atoms with Gasteiger partial charge in [0, 0.05) is 23.7 Å². The van der Waals surface area contributed by atoms with Gasteiger partial charge in [0.05, 0.1) is 18.2 Å². The summed E-state index contributed by atoms with van der Waals surface area (Å²) in [6, 6.07) is 12.0. The Morgan fingerprint density at radius 1 is 1.28 bits per heavy atom. The molecule has 2 aliphatic rings. The van der Waals surface area contributed by atoms with Gasteiger partial charge in [0.15, 0.2) is 11.5 Å². The maximum absolute atomic E-state index is 13.0. The maximum atomic E-state index is 13.0. The summed E-state index contributed by atoms with van der Waals surface area (Å²) >= 11 is 6.00. The number of anilines is 1. The van der Waals surface area contributed by atoms with Crippen LogP contribution >= 0.6 is 11.6 Å². The van der Waals surface area contributed by atoms with Gasteiger partial charge in [0.2, 0.25) is 0 Å². The minimum absolute atomic E-state index is 0.132. The number of hydrogen-bond acceptors (Lipinski definition) is 5. The van der Waals surface area contributed by atoms with Crippen LogP contribution in [0.3, 0.4) is 0 Å². The fourth-order valence-electron chi connectivity index (χ4n) is 3.84. The number of piperidine rings is 1. The molecule has 1 N–H and O–H groups in total. The first-order valence-corrected chi connectivity index (χ1v) is 10.9. The summed E-state index contributed by atoms with van der Waals surface area (Å²) in [6.07, 6.45) is 3.04. The Morgan fingerprint density at radius 2 is 2.12 bits per heavy atom. The van der Waals surface area contributed by atoms with Gasteiger partial charge in [-0.3, -0.25) is 14.4 Å². The van der Waals surface area contributed by atoms with E-state index in [1.807, 2.05) is 6.07 Å². The SMILES string of the molecule is CCOC(=O)[C@H]1CCCN(C(=O)c2ccc3c(c2)NC(=O)/C(=C/c2cccc(Cl)c2)O3)C1. The summed E-state index contributed by atoms with van der Waals surface area (Å²) in [4.78, 5) is 39.3. The molecule has 1 saturated heterocycles. The van der Waals surface area contributed by atoms with E-state index < -0.39 is 5.91 Å². The average molecular weight is 455 g/mol. The number of rotatable bonds is 4. The van der Waals surface area contributed by atoms with E-state index in [0.29, 0.717) is 48.1 Å². The highest BCUT2D eigenvalue weighted by molar-refractivity contribution is 6.30. The number of fused-ring (bicyclic) bond motifs is 1. The van der Waals surface area contributed by atoms with E-state index in [1.54, 1.807) is 54.3 Å². The van der Waals surface area contributed by atoms with Gasteiger partial charge in [-0.05, 0) is 61.7 Å². The van der Waals surface area contributed by atoms with E-state index in [1.165, 1.54) is 0 Å². The van der Waals surface area contributed by atoms with Gasteiger partial charge in [-0.15, -0.1) is 0 Å². The molecule has 2 aliphatic heterocycles. The fourth-order valence-corrected chi connectivity index (χ4v) is 4.04. The molecule has 0 spiro atoms. The van der Waals surface area contributed by atoms with Gasteiger partial charge in [0.1, 0.15) is 0 Å². The predicted molar refractivity (Wildman–Crippen MR) is 120 cm³/mol. The van der Waals surface area contributed by atoms with Gasteiger partial charge in [-0.1, -0.05) is 23.7 Å². The largest absolute Gasteiger partial charge is 0.466 e. The van der Waals surface area contributed by atoms with Gasteiger partial charge >= 0.3 is 5.97 Å². The molecular formula is C24H23ClN2O5. The minimum Gasteiger partial charge on any atom is -0.466 e. The molecular weight excluding hydrogens is 432 g/mol. The lowest BCUT2D eigenvalue weighted by Gasteiger charge is -2.32. The number of halogens is 1. The predicted octanol–water partition coefficient (Wildman–Crippen LogP) is 4.13. The molecule has 7 nitrogen and oxygen atoms in total. The highest BCUT2D eigenvalue weighted by atomic mass is 35.5. The van der Waals surface area contributed by atoms with Crippen molar-refractivity contribution < 1.29 is 23.9 Å². The van der Waals surface area contributed by atoms with Crippen molar-refractivity contribution in [3.63, 3.8) is 0 Å². The van der Waals surface area contributed by atoms with Gasteiger partial charge < -0.3 is 19.7 Å². The molecule has 1 atom stereocenters. The van der Waals surface area contributed by atoms with E-state index in [4.69, 9.17) is 21.1 Å². The molecule has 0 unspecified atom stereocenters. The smallest absolute Gasteiger partial charge is 0.310 e. The topological polar surface area (TPSA) is 84.9 Å². The molecule has 2 aromatic carbocycles. The number of likely N-dealkylation sites (tertiary alicyclic amines) is 1. The van der Waals surface area contributed by atoms with Crippen LogP contribution in [0.25, 0.3) is 6.08 Å². The van der Waals surface area contributed by atoms with E-state index in [-0.39, 0.29) is 23.6 Å². The fraction of sp³-hybridized carbons (Fsp3) is 0.292. The summed E-state index contributed by atoms with van der Waals surface area (Å²) in [5, 5.41) is 3.33. The maximum Gasteiger partial charge on any atom is 0.310 e. The minimum atomic E-state index is -0.414. The molecule has 2 heterocycles. The van der Waals surface area contributed by atoms with Gasteiger partial charge in [-0.25, -0.2) is 0 Å². The molecule has 0 radical (unpaired) electrons. The number of ether oxygens (including phenoxy) is 2. The zero-order valence-corrected chi connectivity index (χ0v) is 18.4. The van der Waals surface area contributed by atoms with Crippen LogP contribution in [0.4, 0.5) is 5.69 Å². The highest BCUT2D eigenvalue weighted by Crippen LogP contribution is 2.33.